The van der Waals surface area contributed by atoms with Crippen molar-refractivity contribution >= 4 is 11.8 Å². The standard InChI is InChI=1S/C14H23NO2/c1-5-8-15-13(16)9-11(4)12(14(15)17)7-6-10(2)3/h5,10-12H,1,6-9H2,2-4H3. The molecule has 1 heterocycles. The van der Waals surface area contributed by atoms with E-state index in [2.05, 4.69) is 20.4 Å². The summed E-state index contributed by atoms with van der Waals surface area (Å²) in [7, 11) is 0. The summed E-state index contributed by atoms with van der Waals surface area (Å²) in [6.07, 6.45) is 4.03. The average Bonchev–Trinajstić information content (AvgIpc) is 2.23. The van der Waals surface area contributed by atoms with Gasteiger partial charge in [-0.1, -0.05) is 33.3 Å². The molecule has 0 saturated carbocycles. The molecule has 3 heteroatoms. The zero-order valence-corrected chi connectivity index (χ0v) is 11.1. The molecule has 1 fully saturated rings. The molecule has 0 spiro atoms. The van der Waals surface area contributed by atoms with Crippen LogP contribution in [0.3, 0.4) is 0 Å². The van der Waals surface area contributed by atoms with E-state index in [4.69, 9.17) is 0 Å². The molecule has 2 unspecified atom stereocenters. The number of carbonyl (C=O) groups excluding carboxylic acids is 2. The molecule has 96 valence electrons. The molecule has 0 aromatic rings. The summed E-state index contributed by atoms with van der Waals surface area (Å²) < 4.78 is 0. The van der Waals surface area contributed by atoms with E-state index in [-0.39, 0.29) is 23.7 Å². The van der Waals surface area contributed by atoms with Crippen molar-refractivity contribution in [3.8, 4) is 0 Å². The van der Waals surface area contributed by atoms with Gasteiger partial charge in [-0.05, 0) is 18.3 Å². The summed E-state index contributed by atoms with van der Waals surface area (Å²) in [5, 5.41) is 0. The van der Waals surface area contributed by atoms with Crippen molar-refractivity contribution < 1.29 is 9.59 Å². The van der Waals surface area contributed by atoms with Gasteiger partial charge in [-0.15, -0.1) is 6.58 Å². The van der Waals surface area contributed by atoms with Crippen molar-refractivity contribution in [3.05, 3.63) is 12.7 Å². The number of hydrogen-bond acceptors (Lipinski definition) is 2. The Morgan fingerprint density at radius 2 is 2.12 bits per heavy atom. The highest BCUT2D eigenvalue weighted by Crippen LogP contribution is 2.30. The smallest absolute Gasteiger partial charge is 0.232 e. The predicted octanol–water partition coefficient (Wildman–Crippen LogP) is 2.62. The van der Waals surface area contributed by atoms with E-state index in [0.29, 0.717) is 18.9 Å². The molecular formula is C14H23NO2. The molecule has 2 atom stereocenters. The number of likely N-dealkylation sites (tertiary alicyclic amines) is 1. The van der Waals surface area contributed by atoms with Crippen LogP contribution in [-0.4, -0.2) is 23.3 Å². The highest BCUT2D eigenvalue weighted by atomic mass is 16.2. The van der Waals surface area contributed by atoms with Gasteiger partial charge in [0.2, 0.25) is 11.8 Å². The number of carbonyl (C=O) groups is 2. The molecule has 0 aromatic carbocycles. The van der Waals surface area contributed by atoms with Gasteiger partial charge in [0.05, 0.1) is 0 Å². The lowest BCUT2D eigenvalue weighted by molar-refractivity contribution is -0.153. The van der Waals surface area contributed by atoms with Gasteiger partial charge < -0.3 is 0 Å². The van der Waals surface area contributed by atoms with Crippen LogP contribution in [0.15, 0.2) is 12.7 Å². The Bertz CT molecular complexity index is 309. The molecule has 0 N–H and O–H groups in total. The van der Waals surface area contributed by atoms with E-state index in [1.165, 1.54) is 4.90 Å². The van der Waals surface area contributed by atoms with E-state index < -0.39 is 0 Å². The van der Waals surface area contributed by atoms with E-state index in [1.54, 1.807) is 6.08 Å². The van der Waals surface area contributed by atoms with Crippen molar-refractivity contribution in [2.24, 2.45) is 17.8 Å². The maximum atomic E-state index is 12.2. The second-order valence-corrected chi connectivity index (χ2v) is 5.39. The number of rotatable bonds is 5. The van der Waals surface area contributed by atoms with Crippen LogP contribution in [0, 0.1) is 17.8 Å². The number of piperidine rings is 1. The highest BCUT2D eigenvalue weighted by molar-refractivity contribution is 5.99. The molecule has 3 nitrogen and oxygen atoms in total. The third-order valence-electron chi connectivity index (χ3n) is 3.43. The van der Waals surface area contributed by atoms with Crippen LogP contribution in [0.4, 0.5) is 0 Å². The molecule has 1 saturated heterocycles. The van der Waals surface area contributed by atoms with Gasteiger partial charge in [0.1, 0.15) is 0 Å². The van der Waals surface area contributed by atoms with Crippen LogP contribution < -0.4 is 0 Å². The van der Waals surface area contributed by atoms with Crippen molar-refractivity contribution in [2.45, 2.75) is 40.0 Å². The maximum absolute atomic E-state index is 12.2. The van der Waals surface area contributed by atoms with Gasteiger partial charge in [-0.25, -0.2) is 0 Å². The lowest BCUT2D eigenvalue weighted by atomic mass is 9.81. The zero-order valence-electron chi connectivity index (χ0n) is 11.1. The molecule has 0 aliphatic carbocycles. The first-order chi connectivity index (χ1) is 7.97. The first-order valence-electron chi connectivity index (χ1n) is 6.42. The van der Waals surface area contributed by atoms with Crippen molar-refractivity contribution in [1.82, 2.24) is 4.90 Å². The average molecular weight is 237 g/mol. The van der Waals surface area contributed by atoms with Crippen LogP contribution in [0.5, 0.6) is 0 Å². The van der Waals surface area contributed by atoms with Gasteiger partial charge >= 0.3 is 0 Å². The van der Waals surface area contributed by atoms with Gasteiger partial charge in [0, 0.05) is 18.9 Å². The van der Waals surface area contributed by atoms with Crippen LogP contribution in [-0.2, 0) is 9.59 Å². The Morgan fingerprint density at radius 3 is 2.65 bits per heavy atom. The van der Waals surface area contributed by atoms with Gasteiger partial charge in [0.15, 0.2) is 0 Å². The Hall–Kier alpha value is -1.12. The van der Waals surface area contributed by atoms with Crippen LogP contribution in [0.25, 0.3) is 0 Å². The van der Waals surface area contributed by atoms with E-state index in [1.807, 2.05) is 6.92 Å². The summed E-state index contributed by atoms with van der Waals surface area (Å²) in [6, 6.07) is 0. The summed E-state index contributed by atoms with van der Waals surface area (Å²) in [6.45, 7) is 10.3. The largest absolute Gasteiger partial charge is 0.279 e. The minimum absolute atomic E-state index is 0.00528. The van der Waals surface area contributed by atoms with Crippen LogP contribution in [0.1, 0.15) is 40.0 Å². The fourth-order valence-electron chi connectivity index (χ4n) is 2.34. The van der Waals surface area contributed by atoms with Crippen molar-refractivity contribution in [2.75, 3.05) is 6.54 Å². The molecule has 1 aliphatic rings. The van der Waals surface area contributed by atoms with Crippen molar-refractivity contribution in [3.63, 3.8) is 0 Å². The first-order valence-corrected chi connectivity index (χ1v) is 6.42. The van der Waals surface area contributed by atoms with Gasteiger partial charge in [0.25, 0.3) is 0 Å². The Morgan fingerprint density at radius 1 is 1.47 bits per heavy atom. The van der Waals surface area contributed by atoms with E-state index in [0.717, 1.165) is 12.8 Å². The van der Waals surface area contributed by atoms with Gasteiger partial charge in [-0.2, -0.15) is 0 Å². The quantitative estimate of drug-likeness (QED) is 0.544. The Labute approximate surface area is 104 Å². The summed E-state index contributed by atoms with van der Waals surface area (Å²) in [5.41, 5.74) is 0. The van der Waals surface area contributed by atoms with E-state index in [9.17, 15) is 9.59 Å². The Kier molecular flexibility index (Phi) is 4.91. The van der Waals surface area contributed by atoms with Gasteiger partial charge in [-0.3, -0.25) is 14.5 Å². The minimum Gasteiger partial charge on any atom is -0.279 e. The molecule has 0 aromatic heterocycles. The molecule has 0 radical (unpaired) electrons. The number of hydrogen-bond donors (Lipinski definition) is 0. The molecule has 1 rings (SSSR count). The lowest BCUT2D eigenvalue weighted by Crippen LogP contribution is -2.48. The summed E-state index contributed by atoms with van der Waals surface area (Å²) in [4.78, 5) is 25.3. The Balaban J connectivity index is 2.71. The first kappa shape index (κ1) is 13.9. The lowest BCUT2D eigenvalue weighted by Gasteiger charge is -2.34. The predicted molar refractivity (Wildman–Crippen MR) is 68.3 cm³/mol. The summed E-state index contributed by atoms with van der Waals surface area (Å²) in [5.74, 6) is 0.725. The third-order valence-corrected chi connectivity index (χ3v) is 3.43. The third kappa shape index (κ3) is 3.42. The second kappa shape index (κ2) is 5.99. The number of amides is 2. The normalized spacial score (nSPS) is 25.5. The molecule has 2 amide bonds. The minimum atomic E-state index is -0.0526. The molecule has 0 bridgehead atoms. The SMILES string of the molecule is C=CCN1C(=O)CC(C)C(CCC(C)C)C1=O. The van der Waals surface area contributed by atoms with E-state index >= 15 is 0 Å². The highest BCUT2D eigenvalue weighted by Gasteiger charge is 2.38. The summed E-state index contributed by atoms with van der Waals surface area (Å²) >= 11 is 0. The molecule has 1 aliphatic heterocycles. The monoisotopic (exact) mass is 237 g/mol. The molecular weight excluding hydrogens is 214 g/mol. The number of nitrogens with zero attached hydrogens (tertiary/aromatic N) is 1. The topological polar surface area (TPSA) is 37.4 Å². The zero-order chi connectivity index (χ0) is 13.0. The number of imide groups is 1. The second-order valence-electron chi connectivity index (χ2n) is 5.39. The molecule has 17 heavy (non-hydrogen) atoms. The van der Waals surface area contributed by atoms with Crippen molar-refractivity contribution in [1.29, 1.82) is 0 Å². The van der Waals surface area contributed by atoms with Crippen LogP contribution in [0.2, 0.25) is 0 Å². The van der Waals surface area contributed by atoms with Crippen LogP contribution >= 0.6 is 0 Å². The fourth-order valence-corrected chi connectivity index (χ4v) is 2.34. The fraction of sp³-hybridized carbons (Fsp3) is 0.714. The maximum Gasteiger partial charge on any atom is 0.232 e.